The Bertz CT molecular complexity index is 475. The van der Waals surface area contributed by atoms with Gasteiger partial charge in [0.25, 0.3) is 0 Å². The largest absolute Gasteiger partial charge is 0.288 e. The summed E-state index contributed by atoms with van der Waals surface area (Å²) in [4.78, 5) is 13.1. The van der Waals surface area contributed by atoms with Crippen molar-refractivity contribution in [3.8, 4) is 6.07 Å². The Morgan fingerprint density at radius 2 is 2.13 bits per heavy atom. The normalized spacial score (nSPS) is 9.27. The zero-order valence-corrected chi connectivity index (χ0v) is 7.66. The predicted octanol–water partition coefficient (Wildman–Crippen LogP) is 2.41. The van der Waals surface area contributed by atoms with Gasteiger partial charge in [0.1, 0.15) is 0 Å². The van der Waals surface area contributed by atoms with E-state index in [0.29, 0.717) is 5.56 Å². The Morgan fingerprint density at radius 3 is 2.67 bits per heavy atom. The van der Waals surface area contributed by atoms with Crippen molar-refractivity contribution in [3.05, 3.63) is 51.9 Å². The minimum Gasteiger partial charge on any atom is -0.288 e. The van der Waals surface area contributed by atoms with Gasteiger partial charge in [0, 0.05) is 4.91 Å². The summed E-state index contributed by atoms with van der Waals surface area (Å²) in [5.41, 5.74) is 9.28. The number of azide groups is 1. The smallest absolute Gasteiger partial charge is 0.242 e. The predicted molar refractivity (Wildman–Crippen MR) is 54.3 cm³/mol. The molecule has 0 aliphatic heterocycles. The van der Waals surface area contributed by atoms with Crippen molar-refractivity contribution < 1.29 is 4.79 Å². The van der Waals surface area contributed by atoms with E-state index in [1.165, 1.54) is 12.2 Å². The van der Waals surface area contributed by atoms with Crippen LogP contribution in [0.15, 0.2) is 35.5 Å². The van der Waals surface area contributed by atoms with Gasteiger partial charge in [-0.05, 0) is 34.4 Å². The van der Waals surface area contributed by atoms with Gasteiger partial charge in [0.05, 0.1) is 11.6 Å². The number of carbonyl (C=O) groups is 1. The summed E-state index contributed by atoms with van der Waals surface area (Å²) in [5.74, 6) is -0.651. The fourth-order valence-electron chi connectivity index (χ4n) is 0.914. The van der Waals surface area contributed by atoms with Gasteiger partial charge in [-0.1, -0.05) is 18.2 Å². The monoisotopic (exact) mass is 198 g/mol. The van der Waals surface area contributed by atoms with Crippen LogP contribution >= 0.6 is 0 Å². The van der Waals surface area contributed by atoms with Gasteiger partial charge < -0.3 is 0 Å². The van der Waals surface area contributed by atoms with Crippen LogP contribution in [0, 0.1) is 11.3 Å². The van der Waals surface area contributed by atoms with E-state index in [-0.39, 0.29) is 0 Å². The van der Waals surface area contributed by atoms with E-state index in [1.807, 2.05) is 6.07 Å². The van der Waals surface area contributed by atoms with Gasteiger partial charge in [0.2, 0.25) is 5.91 Å². The lowest BCUT2D eigenvalue weighted by atomic mass is 10.1. The first-order valence-electron chi connectivity index (χ1n) is 4.03. The summed E-state index contributed by atoms with van der Waals surface area (Å²) >= 11 is 0. The van der Waals surface area contributed by atoms with E-state index >= 15 is 0 Å². The topological polar surface area (TPSA) is 89.6 Å². The van der Waals surface area contributed by atoms with Crippen LogP contribution in [0.2, 0.25) is 0 Å². The molecule has 72 valence electrons. The summed E-state index contributed by atoms with van der Waals surface area (Å²) in [5, 5.41) is 11.4. The summed E-state index contributed by atoms with van der Waals surface area (Å²) in [6.45, 7) is 0. The molecule has 0 aliphatic carbocycles. The van der Waals surface area contributed by atoms with E-state index in [2.05, 4.69) is 10.0 Å². The molecule has 5 heteroatoms. The summed E-state index contributed by atoms with van der Waals surface area (Å²) in [7, 11) is 0. The van der Waals surface area contributed by atoms with E-state index in [9.17, 15) is 4.79 Å². The molecule has 0 heterocycles. The second kappa shape index (κ2) is 5.22. The quantitative estimate of drug-likeness (QED) is 0.316. The van der Waals surface area contributed by atoms with E-state index in [0.717, 1.165) is 5.56 Å². The van der Waals surface area contributed by atoms with Gasteiger partial charge in [-0.25, -0.2) is 0 Å². The van der Waals surface area contributed by atoms with Crippen molar-refractivity contribution >= 4 is 12.0 Å². The molecule has 1 aromatic rings. The van der Waals surface area contributed by atoms with Crippen LogP contribution in [0.1, 0.15) is 11.1 Å². The number of nitrogens with zero attached hydrogens (tertiary/aromatic N) is 4. The third kappa shape index (κ3) is 3.35. The zero-order valence-electron chi connectivity index (χ0n) is 7.66. The minimum atomic E-state index is -0.651. The standard InChI is InChI=1S/C10H6N4O/c11-7-9-3-1-8(2-4-9)5-6-10(15)13-14-12/h1-6H. The average Bonchev–Trinajstić information content (AvgIpc) is 2.27. The SMILES string of the molecule is N#Cc1ccc(C=CC(=O)N=[N+]=[N-])cc1. The third-order valence-corrected chi connectivity index (χ3v) is 1.60. The van der Waals surface area contributed by atoms with Crippen LogP contribution in [0.4, 0.5) is 0 Å². The van der Waals surface area contributed by atoms with Gasteiger partial charge in [0.15, 0.2) is 0 Å². The number of nitriles is 1. The molecule has 1 aromatic carbocycles. The molecule has 0 radical (unpaired) electrons. The van der Waals surface area contributed by atoms with Crippen LogP contribution in [0.25, 0.3) is 16.5 Å². The molecule has 0 fully saturated rings. The highest BCUT2D eigenvalue weighted by atomic mass is 16.1. The number of benzene rings is 1. The van der Waals surface area contributed by atoms with Crippen molar-refractivity contribution in [2.24, 2.45) is 5.11 Å². The molecule has 0 atom stereocenters. The molecule has 0 aromatic heterocycles. The number of amides is 1. The molecule has 0 aliphatic rings. The molecule has 0 saturated carbocycles. The Balaban J connectivity index is 2.78. The summed E-state index contributed by atoms with van der Waals surface area (Å²) in [6, 6.07) is 8.64. The van der Waals surface area contributed by atoms with Gasteiger partial charge >= 0.3 is 0 Å². The molecule has 0 saturated heterocycles. The first-order chi connectivity index (χ1) is 7.26. The number of carbonyl (C=O) groups excluding carboxylic acids is 1. The first-order valence-corrected chi connectivity index (χ1v) is 4.03. The molecular weight excluding hydrogens is 192 g/mol. The first kappa shape index (κ1) is 10.5. The molecule has 1 rings (SSSR count). The lowest BCUT2D eigenvalue weighted by molar-refractivity contribution is -0.113. The molecule has 0 unspecified atom stereocenters. The number of rotatable bonds is 2. The molecule has 5 nitrogen and oxygen atoms in total. The second-order valence-electron chi connectivity index (χ2n) is 2.59. The van der Waals surface area contributed by atoms with Crippen molar-refractivity contribution in [3.63, 3.8) is 0 Å². The molecule has 0 spiro atoms. The van der Waals surface area contributed by atoms with Crippen LogP contribution in [0.5, 0.6) is 0 Å². The molecule has 1 amide bonds. The average molecular weight is 198 g/mol. The van der Waals surface area contributed by atoms with E-state index < -0.39 is 5.91 Å². The summed E-state index contributed by atoms with van der Waals surface area (Å²) in [6.07, 6.45) is 2.68. The lowest BCUT2D eigenvalue weighted by Gasteiger charge is -1.91. The second-order valence-corrected chi connectivity index (χ2v) is 2.59. The lowest BCUT2D eigenvalue weighted by Crippen LogP contribution is -1.82. The highest BCUT2D eigenvalue weighted by molar-refractivity contribution is 5.92. The van der Waals surface area contributed by atoms with Gasteiger partial charge in [-0.3, -0.25) is 4.79 Å². The minimum absolute atomic E-state index is 0.550. The maximum Gasteiger partial charge on any atom is 0.242 e. The number of hydrogen-bond acceptors (Lipinski definition) is 2. The highest BCUT2D eigenvalue weighted by Gasteiger charge is 1.91. The molecular formula is C10H6N4O. The highest BCUT2D eigenvalue weighted by Crippen LogP contribution is 2.05. The van der Waals surface area contributed by atoms with Crippen molar-refractivity contribution in [1.82, 2.24) is 0 Å². The molecule has 0 N–H and O–H groups in total. The number of hydrogen-bond donors (Lipinski definition) is 0. The molecule has 0 bridgehead atoms. The Kier molecular flexibility index (Phi) is 3.66. The fraction of sp³-hybridized carbons (Fsp3) is 0. The van der Waals surface area contributed by atoms with E-state index in [4.69, 9.17) is 10.8 Å². The van der Waals surface area contributed by atoms with Gasteiger partial charge in [-0.15, -0.1) is 0 Å². The van der Waals surface area contributed by atoms with Crippen LogP contribution < -0.4 is 0 Å². The Morgan fingerprint density at radius 1 is 1.47 bits per heavy atom. The molecule has 15 heavy (non-hydrogen) atoms. The van der Waals surface area contributed by atoms with Crippen LogP contribution in [0.3, 0.4) is 0 Å². The van der Waals surface area contributed by atoms with E-state index in [1.54, 1.807) is 24.3 Å². The Hall–Kier alpha value is -2.57. The Labute approximate surface area is 85.9 Å². The zero-order chi connectivity index (χ0) is 11.1. The maximum absolute atomic E-state index is 10.8. The van der Waals surface area contributed by atoms with Crippen molar-refractivity contribution in [1.29, 1.82) is 5.26 Å². The van der Waals surface area contributed by atoms with Crippen LogP contribution in [-0.2, 0) is 4.79 Å². The summed E-state index contributed by atoms with van der Waals surface area (Å²) < 4.78 is 0. The maximum atomic E-state index is 10.8. The van der Waals surface area contributed by atoms with Crippen LogP contribution in [-0.4, -0.2) is 5.91 Å². The third-order valence-electron chi connectivity index (χ3n) is 1.60. The van der Waals surface area contributed by atoms with Crippen molar-refractivity contribution in [2.75, 3.05) is 0 Å². The van der Waals surface area contributed by atoms with Crippen molar-refractivity contribution in [2.45, 2.75) is 0 Å². The van der Waals surface area contributed by atoms with Gasteiger partial charge in [-0.2, -0.15) is 5.26 Å². The fourth-order valence-corrected chi connectivity index (χ4v) is 0.914.